The average Bonchev–Trinajstić information content (AvgIpc) is 3.48. The van der Waals surface area contributed by atoms with Gasteiger partial charge in [-0.1, -0.05) is 29.4 Å². The zero-order valence-electron chi connectivity index (χ0n) is 19.1. The van der Waals surface area contributed by atoms with Crippen LogP contribution < -0.4 is 14.8 Å². The maximum absolute atomic E-state index is 14.1. The van der Waals surface area contributed by atoms with Gasteiger partial charge < -0.3 is 19.3 Å². The molecule has 2 aromatic carbocycles. The average molecular weight is 485 g/mol. The van der Waals surface area contributed by atoms with Gasteiger partial charge in [0.2, 0.25) is 11.7 Å². The number of hydrogen-bond acceptors (Lipinski definition) is 7. The molecule has 1 N–H and O–H groups in total. The van der Waals surface area contributed by atoms with Gasteiger partial charge >= 0.3 is 6.18 Å². The summed E-state index contributed by atoms with van der Waals surface area (Å²) in [6, 6.07) is 11.4. The largest absolute Gasteiger partial charge is 0.493 e. The van der Waals surface area contributed by atoms with E-state index in [9.17, 15) is 13.2 Å². The van der Waals surface area contributed by atoms with Crippen molar-refractivity contribution in [1.82, 2.24) is 19.9 Å². The molecule has 2 unspecified atom stereocenters. The number of alkyl halides is 3. The molecule has 2 atom stereocenters. The smallest absolute Gasteiger partial charge is 0.410 e. The highest BCUT2D eigenvalue weighted by Gasteiger charge is 2.46. The van der Waals surface area contributed by atoms with Gasteiger partial charge in [0.15, 0.2) is 17.5 Å². The van der Waals surface area contributed by atoms with E-state index in [0.29, 0.717) is 45.6 Å². The summed E-state index contributed by atoms with van der Waals surface area (Å²) in [6.45, 7) is 1.68. The van der Waals surface area contributed by atoms with Gasteiger partial charge in [-0.05, 0) is 23.8 Å². The molecule has 8 nitrogen and oxygen atoms in total. The number of benzene rings is 2. The Bertz CT molecular complexity index is 1360. The van der Waals surface area contributed by atoms with E-state index >= 15 is 0 Å². The van der Waals surface area contributed by atoms with Crippen LogP contribution in [0.1, 0.15) is 30.0 Å². The second-order valence-electron chi connectivity index (χ2n) is 8.18. The van der Waals surface area contributed by atoms with Crippen LogP contribution in [0.5, 0.6) is 11.5 Å². The van der Waals surface area contributed by atoms with E-state index in [1.165, 1.54) is 14.2 Å². The van der Waals surface area contributed by atoms with Crippen molar-refractivity contribution >= 4 is 5.82 Å². The van der Waals surface area contributed by atoms with Gasteiger partial charge in [-0.3, -0.25) is 0 Å². The van der Waals surface area contributed by atoms with Gasteiger partial charge in [0.25, 0.3) is 0 Å². The van der Waals surface area contributed by atoms with Gasteiger partial charge in [0, 0.05) is 30.5 Å². The molecule has 0 saturated heterocycles. The SMILES string of the molecule is COc1ccc(C2CC(C(F)(F)F)n3nc(-c4cccc(-c5noc(C)n5)c4)cc3N2)cc1OC. The number of nitrogens with one attached hydrogen (secondary N) is 1. The van der Waals surface area contributed by atoms with Crippen LogP contribution in [0.15, 0.2) is 53.1 Å². The molecule has 0 amide bonds. The van der Waals surface area contributed by atoms with Crippen molar-refractivity contribution in [1.29, 1.82) is 0 Å². The van der Waals surface area contributed by atoms with Crippen LogP contribution in [0.2, 0.25) is 0 Å². The first-order valence-electron chi connectivity index (χ1n) is 10.8. The number of aromatic nitrogens is 4. The molecule has 2 aromatic heterocycles. The fourth-order valence-corrected chi connectivity index (χ4v) is 4.24. The zero-order chi connectivity index (χ0) is 24.7. The molecule has 11 heteroatoms. The highest BCUT2D eigenvalue weighted by atomic mass is 19.4. The van der Waals surface area contributed by atoms with Gasteiger partial charge in [0.05, 0.1) is 26.0 Å². The lowest BCUT2D eigenvalue weighted by atomic mass is 9.96. The first kappa shape index (κ1) is 22.8. The lowest BCUT2D eigenvalue weighted by Gasteiger charge is -2.33. The number of nitrogens with zero attached hydrogens (tertiary/aromatic N) is 4. The van der Waals surface area contributed by atoms with E-state index in [4.69, 9.17) is 14.0 Å². The predicted molar refractivity (Wildman–Crippen MR) is 121 cm³/mol. The lowest BCUT2D eigenvalue weighted by Crippen LogP contribution is -2.35. The van der Waals surface area contributed by atoms with E-state index in [0.717, 1.165) is 4.68 Å². The maximum atomic E-state index is 14.1. The summed E-state index contributed by atoms with van der Waals surface area (Å²) in [5.74, 6) is 2.04. The highest BCUT2D eigenvalue weighted by Crippen LogP contribution is 2.45. The molecular weight excluding hydrogens is 463 g/mol. The van der Waals surface area contributed by atoms with Crippen molar-refractivity contribution in [2.75, 3.05) is 19.5 Å². The molecule has 0 spiro atoms. The predicted octanol–water partition coefficient (Wildman–Crippen LogP) is 5.59. The van der Waals surface area contributed by atoms with E-state index in [1.807, 2.05) is 0 Å². The minimum Gasteiger partial charge on any atom is -0.493 e. The molecule has 0 aliphatic carbocycles. The summed E-state index contributed by atoms with van der Waals surface area (Å²) in [4.78, 5) is 4.21. The van der Waals surface area contributed by atoms with Crippen molar-refractivity contribution in [3.05, 3.63) is 60.0 Å². The molecule has 182 valence electrons. The van der Waals surface area contributed by atoms with Crippen molar-refractivity contribution in [2.24, 2.45) is 0 Å². The molecule has 4 aromatic rings. The van der Waals surface area contributed by atoms with E-state index in [1.54, 1.807) is 55.5 Å². The van der Waals surface area contributed by atoms with Crippen LogP contribution >= 0.6 is 0 Å². The molecule has 35 heavy (non-hydrogen) atoms. The van der Waals surface area contributed by atoms with Crippen LogP contribution in [-0.4, -0.2) is 40.3 Å². The number of halogens is 3. The number of rotatable bonds is 5. The Morgan fingerprint density at radius 3 is 2.49 bits per heavy atom. The monoisotopic (exact) mass is 485 g/mol. The first-order valence-corrected chi connectivity index (χ1v) is 10.8. The Labute approximate surface area is 198 Å². The summed E-state index contributed by atoms with van der Waals surface area (Å²) in [6.07, 6.45) is -4.71. The van der Waals surface area contributed by atoms with Gasteiger partial charge in [-0.2, -0.15) is 23.3 Å². The molecule has 1 aliphatic rings. The topological polar surface area (TPSA) is 87.2 Å². The maximum Gasteiger partial charge on any atom is 0.410 e. The lowest BCUT2D eigenvalue weighted by molar-refractivity contribution is -0.173. The van der Waals surface area contributed by atoms with Crippen molar-refractivity contribution < 1.29 is 27.2 Å². The van der Waals surface area contributed by atoms with Crippen LogP contribution in [0.4, 0.5) is 19.0 Å². The fraction of sp³-hybridized carbons (Fsp3) is 0.292. The Balaban J connectivity index is 1.52. The summed E-state index contributed by atoms with van der Waals surface area (Å²) < 4.78 is 59.0. The minimum absolute atomic E-state index is 0.227. The number of hydrogen-bond donors (Lipinski definition) is 1. The molecular formula is C24H22F3N5O3. The number of aryl methyl sites for hydroxylation is 1. The van der Waals surface area contributed by atoms with Gasteiger partial charge in [-0.15, -0.1) is 0 Å². The molecule has 3 heterocycles. The molecule has 0 radical (unpaired) electrons. The van der Waals surface area contributed by atoms with Crippen molar-refractivity contribution in [2.45, 2.75) is 31.6 Å². The summed E-state index contributed by atoms with van der Waals surface area (Å²) in [7, 11) is 2.99. The molecule has 0 saturated carbocycles. The Hall–Kier alpha value is -4.02. The van der Waals surface area contributed by atoms with E-state index in [-0.39, 0.29) is 12.2 Å². The highest BCUT2D eigenvalue weighted by molar-refractivity contribution is 5.70. The van der Waals surface area contributed by atoms with E-state index < -0.39 is 18.3 Å². The van der Waals surface area contributed by atoms with Crippen molar-refractivity contribution in [3.63, 3.8) is 0 Å². The third-order valence-corrected chi connectivity index (χ3v) is 5.94. The van der Waals surface area contributed by atoms with Crippen LogP contribution in [0.3, 0.4) is 0 Å². The Morgan fingerprint density at radius 2 is 1.80 bits per heavy atom. The molecule has 1 aliphatic heterocycles. The summed E-state index contributed by atoms with van der Waals surface area (Å²) >= 11 is 0. The second kappa shape index (κ2) is 8.64. The standard InChI is InChI=1S/C24H22F3N5O3/c1-13-28-23(31-35-13)16-6-4-5-14(9-16)18-12-22-29-17(11-21(24(25,26)27)32(22)30-18)15-7-8-19(33-2)20(10-15)34-3/h4-10,12,17,21,29H,11H2,1-3H3. The third kappa shape index (κ3) is 4.29. The molecule has 0 fully saturated rings. The molecule has 0 bridgehead atoms. The Morgan fingerprint density at radius 1 is 1.03 bits per heavy atom. The summed E-state index contributed by atoms with van der Waals surface area (Å²) in [5, 5.41) is 11.4. The number of anilines is 1. The van der Waals surface area contributed by atoms with Crippen LogP contribution in [0, 0.1) is 6.92 Å². The third-order valence-electron chi connectivity index (χ3n) is 5.94. The van der Waals surface area contributed by atoms with E-state index in [2.05, 4.69) is 20.6 Å². The fourth-order valence-electron chi connectivity index (χ4n) is 4.24. The number of methoxy groups -OCH3 is 2. The Kier molecular flexibility index (Phi) is 5.62. The molecule has 5 rings (SSSR count). The second-order valence-corrected chi connectivity index (χ2v) is 8.18. The first-order chi connectivity index (χ1) is 16.8. The van der Waals surface area contributed by atoms with Crippen molar-refractivity contribution in [3.8, 4) is 34.1 Å². The van der Waals surface area contributed by atoms with Gasteiger partial charge in [0.1, 0.15) is 5.82 Å². The summed E-state index contributed by atoms with van der Waals surface area (Å²) in [5.41, 5.74) is 2.36. The quantitative estimate of drug-likeness (QED) is 0.395. The number of ether oxygens (including phenoxy) is 2. The minimum atomic E-state index is -4.49. The van der Waals surface area contributed by atoms with Crippen LogP contribution in [0.25, 0.3) is 22.6 Å². The van der Waals surface area contributed by atoms with Gasteiger partial charge in [-0.25, -0.2) is 4.68 Å². The normalized spacial score (nSPS) is 17.5. The number of fused-ring (bicyclic) bond motifs is 1. The zero-order valence-corrected chi connectivity index (χ0v) is 19.1. The van der Waals surface area contributed by atoms with Crippen LogP contribution in [-0.2, 0) is 0 Å².